The van der Waals surface area contributed by atoms with Crippen LogP contribution in [0.2, 0.25) is 0 Å². The van der Waals surface area contributed by atoms with Crippen molar-refractivity contribution in [3.63, 3.8) is 0 Å². The van der Waals surface area contributed by atoms with Gasteiger partial charge in [-0.1, -0.05) is 51.9 Å². The number of rotatable bonds is 8. The summed E-state index contributed by atoms with van der Waals surface area (Å²) in [5, 5.41) is 0. The summed E-state index contributed by atoms with van der Waals surface area (Å²) in [4.78, 5) is 12.9. The number of β-lactam (4-membered cyclic amide) rings is 1. The minimum absolute atomic E-state index is 0.322. The van der Waals surface area contributed by atoms with Crippen molar-refractivity contribution in [3.8, 4) is 0 Å². The van der Waals surface area contributed by atoms with Gasteiger partial charge in [-0.25, -0.2) is 0 Å². The van der Waals surface area contributed by atoms with E-state index in [-0.39, 0.29) is 0 Å². The summed E-state index contributed by atoms with van der Waals surface area (Å²) in [7, 11) is 1.93. The summed E-state index contributed by atoms with van der Waals surface area (Å²) < 4.78 is 0. The normalized spacial score (nSPS) is 20.5. The van der Waals surface area contributed by atoms with Crippen LogP contribution in [0.4, 0.5) is 0 Å². The molecule has 1 amide bonds. The molecule has 1 rings (SSSR count). The summed E-state index contributed by atoms with van der Waals surface area (Å²) in [6, 6.07) is 0.563. The van der Waals surface area contributed by atoms with Crippen molar-refractivity contribution in [2.75, 3.05) is 7.05 Å². The SMILES string of the molecule is CCCCCCCCCC1CC(=O)N1C. The van der Waals surface area contributed by atoms with E-state index < -0.39 is 0 Å². The van der Waals surface area contributed by atoms with Gasteiger partial charge in [-0.15, -0.1) is 0 Å². The van der Waals surface area contributed by atoms with Crippen molar-refractivity contribution >= 4 is 5.91 Å². The first-order chi connectivity index (χ1) is 7.25. The molecule has 0 aromatic rings. The number of likely N-dealkylation sites (tertiary alicyclic amines) is 1. The predicted molar refractivity (Wildman–Crippen MR) is 63.8 cm³/mol. The highest BCUT2D eigenvalue weighted by Gasteiger charge is 2.31. The van der Waals surface area contributed by atoms with Gasteiger partial charge in [-0.05, 0) is 6.42 Å². The second-order valence-corrected chi connectivity index (χ2v) is 4.77. The van der Waals surface area contributed by atoms with Crippen LogP contribution in [0.3, 0.4) is 0 Å². The maximum Gasteiger partial charge on any atom is 0.224 e. The zero-order valence-corrected chi connectivity index (χ0v) is 10.3. The Morgan fingerprint density at radius 1 is 1.13 bits per heavy atom. The number of carbonyl (C=O) groups excluding carboxylic acids is 1. The molecule has 1 aliphatic heterocycles. The predicted octanol–water partition coefficient (Wildman–Crippen LogP) is 3.36. The summed E-state index contributed by atoms with van der Waals surface area (Å²) in [6.07, 6.45) is 11.6. The first kappa shape index (κ1) is 12.5. The average molecular weight is 211 g/mol. The fourth-order valence-electron chi connectivity index (χ4n) is 2.21. The van der Waals surface area contributed by atoms with E-state index in [1.165, 1.54) is 51.4 Å². The van der Waals surface area contributed by atoms with E-state index in [4.69, 9.17) is 0 Å². The Balaban J connectivity index is 1.83. The van der Waals surface area contributed by atoms with Crippen molar-refractivity contribution < 1.29 is 4.79 Å². The summed E-state index contributed by atoms with van der Waals surface area (Å²) in [5.41, 5.74) is 0. The van der Waals surface area contributed by atoms with E-state index in [1.54, 1.807) is 0 Å². The molecule has 1 fully saturated rings. The van der Waals surface area contributed by atoms with E-state index in [0.717, 1.165) is 6.42 Å². The highest BCUT2D eigenvalue weighted by molar-refractivity contribution is 5.82. The van der Waals surface area contributed by atoms with Crippen molar-refractivity contribution in [1.82, 2.24) is 4.90 Å². The lowest BCUT2D eigenvalue weighted by Gasteiger charge is -2.37. The number of unbranched alkanes of at least 4 members (excludes halogenated alkanes) is 6. The third kappa shape index (κ3) is 4.23. The number of nitrogens with zero attached hydrogens (tertiary/aromatic N) is 1. The van der Waals surface area contributed by atoms with E-state index in [2.05, 4.69) is 6.92 Å². The number of hydrogen-bond donors (Lipinski definition) is 0. The van der Waals surface area contributed by atoms with Crippen LogP contribution in [-0.4, -0.2) is 23.9 Å². The second kappa shape index (κ2) is 6.86. The van der Waals surface area contributed by atoms with Gasteiger partial charge in [0.25, 0.3) is 0 Å². The molecule has 0 spiro atoms. The highest BCUT2D eigenvalue weighted by Crippen LogP contribution is 2.22. The number of amides is 1. The van der Waals surface area contributed by atoms with Crippen LogP contribution >= 0.6 is 0 Å². The smallest absolute Gasteiger partial charge is 0.224 e. The lowest BCUT2D eigenvalue weighted by molar-refractivity contribution is -0.143. The average Bonchev–Trinajstić information content (AvgIpc) is 2.26. The molecule has 1 aliphatic rings. The number of carbonyl (C=O) groups is 1. The summed E-state index contributed by atoms with van der Waals surface area (Å²) in [6.45, 7) is 2.25. The highest BCUT2D eigenvalue weighted by atomic mass is 16.2. The van der Waals surface area contributed by atoms with Gasteiger partial charge < -0.3 is 4.90 Å². The molecule has 0 bridgehead atoms. The molecule has 0 saturated carbocycles. The van der Waals surface area contributed by atoms with Gasteiger partial charge >= 0.3 is 0 Å². The van der Waals surface area contributed by atoms with Crippen molar-refractivity contribution in [2.24, 2.45) is 0 Å². The molecule has 1 saturated heterocycles. The molecule has 2 nitrogen and oxygen atoms in total. The van der Waals surface area contributed by atoms with E-state index >= 15 is 0 Å². The summed E-state index contributed by atoms with van der Waals surface area (Å²) >= 11 is 0. The molecule has 1 unspecified atom stereocenters. The Hall–Kier alpha value is -0.530. The van der Waals surface area contributed by atoms with Gasteiger partial charge in [-0.2, -0.15) is 0 Å². The summed E-state index contributed by atoms with van der Waals surface area (Å²) in [5.74, 6) is 0.322. The van der Waals surface area contributed by atoms with E-state index in [1.807, 2.05) is 11.9 Å². The van der Waals surface area contributed by atoms with Crippen LogP contribution in [-0.2, 0) is 4.79 Å². The Morgan fingerprint density at radius 2 is 1.73 bits per heavy atom. The van der Waals surface area contributed by atoms with Gasteiger partial charge in [-0.3, -0.25) is 4.79 Å². The third-order valence-corrected chi connectivity index (χ3v) is 3.49. The fourth-order valence-corrected chi connectivity index (χ4v) is 2.21. The Kier molecular flexibility index (Phi) is 5.74. The van der Waals surface area contributed by atoms with Crippen molar-refractivity contribution in [2.45, 2.75) is 70.8 Å². The molecule has 0 aromatic carbocycles. The first-order valence-corrected chi connectivity index (χ1v) is 6.51. The molecule has 0 aromatic heterocycles. The van der Waals surface area contributed by atoms with Crippen LogP contribution in [0.15, 0.2) is 0 Å². The quantitative estimate of drug-likeness (QED) is 0.445. The largest absolute Gasteiger partial charge is 0.342 e. The van der Waals surface area contributed by atoms with Gasteiger partial charge in [0.1, 0.15) is 0 Å². The third-order valence-electron chi connectivity index (χ3n) is 3.49. The van der Waals surface area contributed by atoms with Crippen LogP contribution in [0.25, 0.3) is 0 Å². The fraction of sp³-hybridized carbons (Fsp3) is 0.923. The minimum atomic E-state index is 0.322. The Bertz CT molecular complexity index is 191. The zero-order chi connectivity index (χ0) is 11.1. The van der Waals surface area contributed by atoms with Gasteiger partial charge in [0.2, 0.25) is 5.91 Å². The molecular weight excluding hydrogens is 186 g/mol. The lowest BCUT2D eigenvalue weighted by Crippen LogP contribution is -2.49. The topological polar surface area (TPSA) is 20.3 Å². The number of hydrogen-bond acceptors (Lipinski definition) is 1. The molecule has 15 heavy (non-hydrogen) atoms. The van der Waals surface area contributed by atoms with Gasteiger partial charge in [0.15, 0.2) is 0 Å². The molecule has 0 radical (unpaired) electrons. The van der Waals surface area contributed by atoms with Crippen LogP contribution in [0.5, 0.6) is 0 Å². The first-order valence-electron chi connectivity index (χ1n) is 6.51. The molecular formula is C13H25NO. The maximum absolute atomic E-state index is 11.0. The Labute approximate surface area is 94.0 Å². The molecule has 1 atom stereocenters. The van der Waals surface area contributed by atoms with Crippen LogP contribution in [0.1, 0.15) is 64.7 Å². The second-order valence-electron chi connectivity index (χ2n) is 4.77. The molecule has 88 valence electrons. The maximum atomic E-state index is 11.0. The Morgan fingerprint density at radius 3 is 2.27 bits per heavy atom. The zero-order valence-electron chi connectivity index (χ0n) is 10.3. The van der Waals surface area contributed by atoms with Crippen molar-refractivity contribution in [3.05, 3.63) is 0 Å². The van der Waals surface area contributed by atoms with Gasteiger partial charge in [0, 0.05) is 19.5 Å². The van der Waals surface area contributed by atoms with Gasteiger partial charge in [0.05, 0.1) is 0 Å². The van der Waals surface area contributed by atoms with Crippen molar-refractivity contribution in [1.29, 1.82) is 0 Å². The van der Waals surface area contributed by atoms with Crippen LogP contribution < -0.4 is 0 Å². The van der Waals surface area contributed by atoms with E-state index in [9.17, 15) is 4.79 Å². The molecule has 0 N–H and O–H groups in total. The molecule has 2 heteroatoms. The van der Waals surface area contributed by atoms with Crippen LogP contribution in [0, 0.1) is 0 Å². The molecule has 1 heterocycles. The van der Waals surface area contributed by atoms with E-state index in [0.29, 0.717) is 11.9 Å². The standard InChI is InChI=1S/C13H25NO/c1-3-4-5-6-7-8-9-10-12-11-13(15)14(12)2/h12H,3-11H2,1-2H3. The molecule has 0 aliphatic carbocycles. The monoisotopic (exact) mass is 211 g/mol. The minimum Gasteiger partial charge on any atom is -0.342 e. The lowest BCUT2D eigenvalue weighted by atomic mass is 9.96.